The van der Waals surface area contributed by atoms with Crippen molar-refractivity contribution in [2.24, 2.45) is 0 Å². The van der Waals surface area contributed by atoms with Crippen LogP contribution in [0.2, 0.25) is 0 Å². The van der Waals surface area contributed by atoms with Gasteiger partial charge in [0.25, 0.3) is 0 Å². The van der Waals surface area contributed by atoms with E-state index in [1.54, 1.807) is 0 Å². The van der Waals surface area contributed by atoms with Crippen LogP contribution in [0.4, 0.5) is 0 Å². The van der Waals surface area contributed by atoms with Crippen LogP contribution in [0.5, 0.6) is 5.75 Å². The second kappa shape index (κ2) is 5.55. The number of rotatable bonds is 2. The first-order valence-corrected chi connectivity index (χ1v) is 4.34. The van der Waals surface area contributed by atoms with Gasteiger partial charge < -0.3 is 4.74 Å². The smallest absolute Gasteiger partial charge is 0.120 e. The first-order valence-electron chi connectivity index (χ1n) is 3.67. The Morgan fingerprint density at radius 1 is 1.25 bits per heavy atom. The zero-order chi connectivity index (χ0) is 8.27. The average Bonchev–Trinajstić information content (AvgIpc) is 1.93. The molecule has 0 amide bonds. The van der Waals surface area contributed by atoms with Gasteiger partial charge in [-0.15, -0.1) is 17.0 Å². The highest BCUT2D eigenvalue weighted by atomic mass is 79.9. The summed E-state index contributed by atoms with van der Waals surface area (Å²) in [5, 5.41) is 0. The van der Waals surface area contributed by atoms with E-state index >= 15 is 0 Å². The fourth-order valence-corrected chi connectivity index (χ4v) is 0.989. The van der Waals surface area contributed by atoms with Crippen molar-refractivity contribution < 1.29 is 4.74 Å². The molecule has 0 heterocycles. The maximum absolute atomic E-state index is 5.43. The standard InChI is InChI=1S/C9H13OP.BrH/c1-7-3-5-9(6-4-7)10-8(2)11;/h3-6,8H,11H2,1-2H3;1H. The highest BCUT2D eigenvalue weighted by Gasteiger charge is 1.94. The minimum absolute atomic E-state index is 0. The zero-order valence-corrected chi connectivity index (χ0v) is 10.1. The van der Waals surface area contributed by atoms with Crippen molar-refractivity contribution in [3.63, 3.8) is 0 Å². The third-order valence-electron chi connectivity index (χ3n) is 1.34. The molecule has 68 valence electrons. The van der Waals surface area contributed by atoms with Gasteiger partial charge in [-0.2, -0.15) is 0 Å². The van der Waals surface area contributed by atoms with Crippen LogP contribution in [-0.4, -0.2) is 5.85 Å². The van der Waals surface area contributed by atoms with Crippen LogP contribution in [0, 0.1) is 6.92 Å². The molecule has 0 aliphatic carbocycles. The van der Waals surface area contributed by atoms with Gasteiger partial charge in [0.15, 0.2) is 0 Å². The summed E-state index contributed by atoms with van der Waals surface area (Å²) >= 11 is 0. The van der Waals surface area contributed by atoms with Crippen molar-refractivity contribution in [2.75, 3.05) is 0 Å². The lowest BCUT2D eigenvalue weighted by Gasteiger charge is -2.08. The number of aryl methyl sites for hydroxylation is 1. The van der Waals surface area contributed by atoms with Crippen LogP contribution < -0.4 is 4.74 Å². The highest BCUT2D eigenvalue weighted by Crippen LogP contribution is 2.14. The van der Waals surface area contributed by atoms with Crippen molar-refractivity contribution in [1.82, 2.24) is 0 Å². The maximum atomic E-state index is 5.43. The topological polar surface area (TPSA) is 9.23 Å². The van der Waals surface area contributed by atoms with Crippen LogP contribution in [0.25, 0.3) is 0 Å². The molecule has 0 aromatic heterocycles. The molecule has 0 saturated heterocycles. The third kappa shape index (κ3) is 4.08. The fraction of sp³-hybridized carbons (Fsp3) is 0.333. The Kier molecular flexibility index (Phi) is 5.52. The van der Waals surface area contributed by atoms with Crippen LogP contribution in [0.1, 0.15) is 12.5 Å². The van der Waals surface area contributed by atoms with Crippen molar-refractivity contribution >= 4 is 26.2 Å². The summed E-state index contributed by atoms with van der Waals surface area (Å²) in [7, 11) is 2.60. The lowest BCUT2D eigenvalue weighted by molar-refractivity contribution is 0.307. The third-order valence-corrected chi connectivity index (χ3v) is 1.48. The SMILES string of the molecule is Br.Cc1ccc(OC(C)P)cc1. The normalized spacial score (nSPS) is 11.6. The van der Waals surface area contributed by atoms with Gasteiger partial charge in [0, 0.05) is 0 Å². The van der Waals surface area contributed by atoms with Crippen molar-refractivity contribution in [3.05, 3.63) is 29.8 Å². The summed E-state index contributed by atoms with van der Waals surface area (Å²) in [6.45, 7) is 4.05. The van der Waals surface area contributed by atoms with Crippen LogP contribution in [0.3, 0.4) is 0 Å². The van der Waals surface area contributed by atoms with Crippen molar-refractivity contribution in [2.45, 2.75) is 19.7 Å². The fourth-order valence-electron chi connectivity index (χ4n) is 0.831. The van der Waals surface area contributed by atoms with Crippen molar-refractivity contribution in [1.29, 1.82) is 0 Å². The van der Waals surface area contributed by atoms with E-state index in [4.69, 9.17) is 4.74 Å². The summed E-state index contributed by atoms with van der Waals surface area (Å²) in [6.07, 6.45) is 0. The van der Waals surface area contributed by atoms with Gasteiger partial charge >= 0.3 is 0 Å². The molecule has 1 aromatic carbocycles. The summed E-state index contributed by atoms with van der Waals surface area (Å²) in [5.41, 5.74) is 1.26. The molecule has 12 heavy (non-hydrogen) atoms. The lowest BCUT2D eigenvalue weighted by atomic mass is 10.2. The van der Waals surface area contributed by atoms with E-state index in [1.807, 2.05) is 31.2 Å². The van der Waals surface area contributed by atoms with E-state index in [1.165, 1.54) is 5.56 Å². The molecule has 0 bridgehead atoms. The Morgan fingerprint density at radius 3 is 2.17 bits per heavy atom. The monoisotopic (exact) mass is 248 g/mol. The summed E-state index contributed by atoms with van der Waals surface area (Å²) < 4.78 is 5.43. The van der Waals surface area contributed by atoms with E-state index in [2.05, 4.69) is 16.2 Å². The van der Waals surface area contributed by atoms with E-state index in [0.29, 0.717) is 0 Å². The van der Waals surface area contributed by atoms with Gasteiger partial charge in [-0.05, 0) is 26.0 Å². The van der Waals surface area contributed by atoms with Gasteiger partial charge in [0.05, 0.1) is 0 Å². The average molecular weight is 249 g/mol. The van der Waals surface area contributed by atoms with E-state index in [-0.39, 0.29) is 22.8 Å². The quantitative estimate of drug-likeness (QED) is 0.731. The number of hydrogen-bond donors (Lipinski definition) is 0. The molecule has 1 nitrogen and oxygen atoms in total. The second-order valence-corrected chi connectivity index (χ2v) is 3.57. The van der Waals surface area contributed by atoms with Crippen molar-refractivity contribution in [3.8, 4) is 5.75 Å². The van der Waals surface area contributed by atoms with Gasteiger partial charge in [0.2, 0.25) is 0 Å². The largest absolute Gasteiger partial charge is 0.487 e. The minimum atomic E-state index is 0. The molecule has 1 aromatic rings. The van der Waals surface area contributed by atoms with Crippen LogP contribution in [-0.2, 0) is 0 Å². The van der Waals surface area contributed by atoms with Gasteiger partial charge in [-0.1, -0.05) is 26.9 Å². The molecule has 0 aliphatic heterocycles. The lowest BCUT2D eigenvalue weighted by Crippen LogP contribution is -2.00. The Hall–Kier alpha value is -0.0700. The highest BCUT2D eigenvalue weighted by molar-refractivity contribution is 8.93. The predicted molar refractivity (Wildman–Crippen MR) is 61.3 cm³/mol. The molecule has 0 saturated carbocycles. The van der Waals surface area contributed by atoms with Gasteiger partial charge in [-0.3, -0.25) is 0 Å². The van der Waals surface area contributed by atoms with Crippen LogP contribution >= 0.6 is 26.2 Å². The predicted octanol–water partition coefficient (Wildman–Crippen LogP) is 3.17. The molecule has 0 fully saturated rings. The molecular formula is C9H14BrOP. The Balaban J connectivity index is 0.00000121. The molecular weight excluding hydrogens is 235 g/mol. The molecule has 2 atom stereocenters. The maximum Gasteiger partial charge on any atom is 0.120 e. The van der Waals surface area contributed by atoms with E-state index in [9.17, 15) is 0 Å². The number of hydrogen-bond acceptors (Lipinski definition) is 1. The van der Waals surface area contributed by atoms with Gasteiger partial charge in [0.1, 0.15) is 11.6 Å². The van der Waals surface area contributed by atoms with E-state index < -0.39 is 0 Å². The molecule has 0 spiro atoms. The number of benzene rings is 1. The minimum Gasteiger partial charge on any atom is -0.487 e. The second-order valence-electron chi connectivity index (χ2n) is 2.64. The molecule has 0 aliphatic rings. The number of halogens is 1. The molecule has 0 radical (unpaired) electrons. The summed E-state index contributed by atoms with van der Waals surface area (Å²) in [6, 6.07) is 8.05. The summed E-state index contributed by atoms with van der Waals surface area (Å²) in [5.74, 6) is 1.11. The molecule has 2 unspecified atom stereocenters. The molecule has 3 heteroatoms. The van der Waals surface area contributed by atoms with E-state index in [0.717, 1.165) is 5.75 Å². The molecule has 1 rings (SSSR count). The molecule has 0 N–H and O–H groups in total. The Morgan fingerprint density at radius 2 is 1.75 bits per heavy atom. The zero-order valence-electron chi connectivity index (χ0n) is 7.28. The Labute approximate surface area is 86.5 Å². The van der Waals surface area contributed by atoms with Gasteiger partial charge in [-0.25, -0.2) is 0 Å². The number of ether oxygens (including phenoxy) is 1. The van der Waals surface area contributed by atoms with Crippen LogP contribution in [0.15, 0.2) is 24.3 Å². The Bertz CT molecular complexity index is 220. The first-order chi connectivity index (χ1) is 5.18. The first kappa shape index (κ1) is 11.9. The summed E-state index contributed by atoms with van der Waals surface area (Å²) in [4.78, 5) is 0.